The third-order valence-electron chi connectivity index (χ3n) is 5.79. The lowest BCUT2D eigenvalue weighted by atomic mass is 10.0. The van der Waals surface area contributed by atoms with E-state index in [0.717, 1.165) is 43.9 Å². The number of amides is 3. The molecule has 2 heterocycles. The molecule has 7 nitrogen and oxygen atoms in total. The summed E-state index contributed by atoms with van der Waals surface area (Å²) in [4.78, 5) is 28.7. The van der Waals surface area contributed by atoms with Crippen LogP contribution in [0.2, 0.25) is 0 Å². The molecule has 2 N–H and O–H groups in total. The number of likely N-dealkylation sites (tertiary alicyclic amines) is 1. The summed E-state index contributed by atoms with van der Waals surface area (Å²) < 4.78 is 5.45. The number of hydrogen-bond donors (Lipinski definition) is 2. The molecule has 30 heavy (non-hydrogen) atoms. The van der Waals surface area contributed by atoms with Crippen LogP contribution in [0, 0.1) is 0 Å². The van der Waals surface area contributed by atoms with Crippen molar-refractivity contribution in [3.63, 3.8) is 0 Å². The molecule has 0 unspecified atom stereocenters. The van der Waals surface area contributed by atoms with Crippen LogP contribution in [0.25, 0.3) is 0 Å². The number of piperidine rings is 1. The van der Waals surface area contributed by atoms with E-state index in [1.807, 2.05) is 30.3 Å². The van der Waals surface area contributed by atoms with Gasteiger partial charge >= 0.3 is 6.03 Å². The van der Waals surface area contributed by atoms with Gasteiger partial charge in [0.05, 0.1) is 7.11 Å². The largest absolute Gasteiger partial charge is 0.496 e. The lowest BCUT2D eigenvalue weighted by molar-refractivity contribution is 0.0908. The van der Waals surface area contributed by atoms with E-state index in [1.165, 1.54) is 5.56 Å². The normalized spacial score (nSPS) is 17.6. The number of carbonyl (C=O) groups excluding carboxylic acids is 2. The van der Waals surface area contributed by atoms with Crippen LogP contribution in [0.15, 0.2) is 48.5 Å². The maximum atomic E-state index is 12.8. The number of carbonyl (C=O) groups is 2. The smallest absolute Gasteiger partial charge is 0.321 e. The minimum atomic E-state index is -0.116. The number of para-hydroxylation sites is 1. The first kappa shape index (κ1) is 20.2. The number of rotatable bonds is 6. The topological polar surface area (TPSA) is 73.9 Å². The van der Waals surface area contributed by atoms with Crippen LogP contribution >= 0.6 is 0 Å². The number of hydrogen-bond acceptors (Lipinski definition) is 4. The van der Waals surface area contributed by atoms with Crippen molar-refractivity contribution < 1.29 is 14.3 Å². The average Bonchev–Trinajstić information content (AvgIpc) is 3.21. The molecule has 0 aromatic heterocycles. The number of methoxy groups -OCH3 is 1. The van der Waals surface area contributed by atoms with E-state index in [-0.39, 0.29) is 18.0 Å². The second-order valence-electron chi connectivity index (χ2n) is 7.77. The summed E-state index contributed by atoms with van der Waals surface area (Å²) in [6, 6.07) is 15.4. The van der Waals surface area contributed by atoms with Crippen molar-refractivity contribution in [1.82, 2.24) is 15.5 Å². The first-order valence-electron chi connectivity index (χ1n) is 10.4. The maximum Gasteiger partial charge on any atom is 0.321 e. The van der Waals surface area contributed by atoms with Gasteiger partial charge < -0.3 is 15.4 Å². The van der Waals surface area contributed by atoms with Gasteiger partial charge in [0, 0.05) is 55.6 Å². The van der Waals surface area contributed by atoms with Gasteiger partial charge in [-0.15, -0.1) is 0 Å². The van der Waals surface area contributed by atoms with Crippen LogP contribution in [-0.4, -0.2) is 56.2 Å². The molecule has 0 radical (unpaired) electrons. The van der Waals surface area contributed by atoms with Crippen molar-refractivity contribution in [2.45, 2.75) is 25.4 Å². The summed E-state index contributed by atoms with van der Waals surface area (Å²) in [6.07, 6.45) is 1.82. The molecule has 4 rings (SSSR count). The fraction of sp³-hybridized carbons (Fsp3) is 0.391. The van der Waals surface area contributed by atoms with Gasteiger partial charge in [-0.3, -0.25) is 14.6 Å². The Balaban J connectivity index is 1.31. The molecule has 2 fully saturated rings. The standard InChI is InChI=1S/C23H28N4O3/c1-30-21-8-3-2-5-18(21)16-26-12-9-19(10-13-26)25-22(28)17-6-4-7-20(15-17)27-14-11-24-23(27)29/h2-8,15,19H,9-14,16H2,1H3,(H,24,29)(H,25,28). The van der Waals surface area contributed by atoms with Gasteiger partial charge in [-0.1, -0.05) is 24.3 Å². The molecule has 0 bridgehead atoms. The van der Waals surface area contributed by atoms with Gasteiger partial charge in [0.15, 0.2) is 0 Å². The zero-order valence-corrected chi connectivity index (χ0v) is 17.3. The van der Waals surface area contributed by atoms with E-state index in [1.54, 1.807) is 24.1 Å². The Morgan fingerprint density at radius 2 is 1.93 bits per heavy atom. The van der Waals surface area contributed by atoms with E-state index >= 15 is 0 Å². The molecule has 0 spiro atoms. The summed E-state index contributed by atoms with van der Waals surface area (Å²) >= 11 is 0. The molecule has 2 saturated heterocycles. The number of nitrogens with one attached hydrogen (secondary N) is 2. The van der Waals surface area contributed by atoms with Gasteiger partial charge in [0.1, 0.15) is 5.75 Å². The summed E-state index contributed by atoms with van der Waals surface area (Å²) in [5, 5.41) is 5.95. The second-order valence-corrected chi connectivity index (χ2v) is 7.77. The molecule has 2 aliphatic heterocycles. The lowest BCUT2D eigenvalue weighted by Crippen LogP contribution is -2.44. The Morgan fingerprint density at radius 3 is 2.67 bits per heavy atom. The molecule has 0 atom stereocenters. The number of anilines is 1. The molecule has 0 aliphatic carbocycles. The highest BCUT2D eigenvalue weighted by Gasteiger charge is 2.24. The van der Waals surface area contributed by atoms with Crippen molar-refractivity contribution in [2.75, 3.05) is 38.2 Å². The summed E-state index contributed by atoms with van der Waals surface area (Å²) in [7, 11) is 1.70. The molecule has 7 heteroatoms. The minimum Gasteiger partial charge on any atom is -0.496 e. The highest BCUT2D eigenvalue weighted by molar-refractivity contribution is 5.98. The molecular weight excluding hydrogens is 380 g/mol. The van der Waals surface area contributed by atoms with Crippen LogP contribution in [0.5, 0.6) is 5.75 Å². The number of nitrogens with zero attached hydrogens (tertiary/aromatic N) is 2. The molecule has 2 aromatic carbocycles. The predicted molar refractivity (Wildman–Crippen MR) is 116 cm³/mol. The second kappa shape index (κ2) is 9.17. The van der Waals surface area contributed by atoms with Crippen molar-refractivity contribution in [3.8, 4) is 5.75 Å². The Morgan fingerprint density at radius 1 is 1.13 bits per heavy atom. The lowest BCUT2D eigenvalue weighted by Gasteiger charge is -2.32. The number of benzene rings is 2. The van der Waals surface area contributed by atoms with Gasteiger partial charge in [0.2, 0.25) is 0 Å². The average molecular weight is 409 g/mol. The third-order valence-corrected chi connectivity index (χ3v) is 5.79. The predicted octanol–water partition coefficient (Wildman–Crippen LogP) is 2.62. The first-order valence-corrected chi connectivity index (χ1v) is 10.4. The van der Waals surface area contributed by atoms with Gasteiger partial charge in [0.25, 0.3) is 5.91 Å². The van der Waals surface area contributed by atoms with Crippen molar-refractivity contribution in [1.29, 1.82) is 0 Å². The van der Waals surface area contributed by atoms with E-state index in [2.05, 4.69) is 21.6 Å². The van der Waals surface area contributed by atoms with Crippen LogP contribution < -0.4 is 20.3 Å². The third kappa shape index (κ3) is 4.57. The highest BCUT2D eigenvalue weighted by Crippen LogP contribution is 2.22. The Hall–Kier alpha value is -3.06. The Labute approximate surface area is 177 Å². The quantitative estimate of drug-likeness (QED) is 0.771. The molecule has 2 aromatic rings. The minimum absolute atomic E-state index is 0.0837. The van der Waals surface area contributed by atoms with E-state index < -0.39 is 0 Å². The zero-order valence-electron chi connectivity index (χ0n) is 17.3. The van der Waals surface area contributed by atoms with Crippen LogP contribution in [0.4, 0.5) is 10.5 Å². The molecule has 0 saturated carbocycles. The number of urea groups is 1. The molecular formula is C23H28N4O3. The van der Waals surface area contributed by atoms with Gasteiger partial charge in [-0.05, 0) is 37.1 Å². The van der Waals surface area contributed by atoms with E-state index in [0.29, 0.717) is 18.7 Å². The van der Waals surface area contributed by atoms with Crippen LogP contribution in [0.3, 0.4) is 0 Å². The highest BCUT2D eigenvalue weighted by atomic mass is 16.5. The monoisotopic (exact) mass is 408 g/mol. The van der Waals surface area contributed by atoms with Gasteiger partial charge in [-0.2, -0.15) is 0 Å². The molecule has 2 aliphatic rings. The first-order chi connectivity index (χ1) is 14.6. The van der Waals surface area contributed by atoms with E-state index in [4.69, 9.17) is 4.74 Å². The van der Waals surface area contributed by atoms with Crippen molar-refractivity contribution in [3.05, 3.63) is 59.7 Å². The fourth-order valence-corrected chi connectivity index (χ4v) is 4.11. The SMILES string of the molecule is COc1ccccc1CN1CCC(NC(=O)c2cccc(N3CCNC3=O)c2)CC1. The Kier molecular flexibility index (Phi) is 6.18. The zero-order chi connectivity index (χ0) is 20.9. The van der Waals surface area contributed by atoms with Crippen molar-refractivity contribution >= 4 is 17.6 Å². The molecule has 158 valence electrons. The van der Waals surface area contributed by atoms with E-state index in [9.17, 15) is 9.59 Å². The van der Waals surface area contributed by atoms with Crippen molar-refractivity contribution in [2.24, 2.45) is 0 Å². The van der Waals surface area contributed by atoms with Crippen LogP contribution in [0.1, 0.15) is 28.8 Å². The van der Waals surface area contributed by atoms with Crippen LogP contribution in [-0.2, 0) is 6.54 Å². The maximum absolute atomic E-state index is 12.8. The fourth-order valence-electron chi connectivity index (χ4n) is 4.11. The summed E-state index contributed by atoms with van der Waals surface area (Å²) in [5.74, 6) is 0.833. The van der Waals surface area contributed by atoms with Gasteiger partial charge in [-0.25, -0.2) is 4.79 Å². The summed E-state index contributed by atoms with van der Waals surface area (Å²) in [5.41, 5.74) is 2.53. The Bertz CT molecular complexity index is 909. The summed E-state index contributed by atoms with van der Waals surface area (Å²) in [6.45, 7) is 3.95. The molecule has 3 amide bonds. The number of ether oxygens (including phenoxy) is 1.